The number of hydrogen-bond donors (Lipinski definition) is 1. The minimum absolute atomic E-state index is 0.00498. The zero-order valence-electron chi connectivity index (χ0n) is 11.5. The third-order valence-corrected chi connectivity index (χ3v) is 4.42. The molecule has 4 heteroatoms. The fourth-order valence-corrected chi connectivity index (χ4v) is 3.27. The minimum atomic E-state index is -0.410. The maximum absolute atomic E-state index is 10.2. The van der Waals surface area contributed by atoms with Crippen LogP contribution in [0.5, 0.6) is 0 Å². The molecule has 1 N–H and O–H groups in total. The quantitative estimate of drug-likeness (QED) is 0.908. The van der Waals surface area contributed by atoms with Crippen LogP contribution in [0.4, 0.5) is 0 Å². The van der Waals surface area contributed by atoms with E-state index < -0.39 is 6.10 Å². The average Bonchev–Trinajstić information content (AvgIpc) is 3.10. The van der Waals surface area contributed by atoms with Crippen LogP contribution in [-0.4, -0.2) is 33.7 Å². The number of hydrogen-bond acceptors (Lipinski definition) is 3. The van der Waals surface area contributed by atoms with E-state index in [9.17, 15) is 5.11 Å². The van der Waals surface area contributed by atoms with Gasteiger partial charge in [-0.1, -0.05) is 12.8 Å². The van der Waals surface area contributed by atoms with Crippen molar-refractivity contribution in [1.82, 2.24) is 9.78 Å². The van der Waals surface area contributed by atoms with Gasteiger partial charge in [-0.2, -0.15) is 5.10 Å². The third kappa shape index (κ3) is 3.18. The summed E-state index contributed by atoms with van der Waals surface area (Å²) < 4.78 is 7.73. The Labute approximate surface area is 114 Å². The summed E-state index contributed by atoms with van der Waals surface area (Å²) in [5.41, 5.74) is 0.994. The number of rotatable bonds is 4. The summed E-state index contributed by atoms with van der Waals surface area (Å²) in [6.07, 6.45) is 10.7. The van der Waals surface area contributed by atoms with Gasteiger partial charge >= 0.3 is 0 Å². The number of aliphatic hydroxyl groups is 1. The molecule has 19 heavy (non-hydrogen) atoms. The van der Waals surface area contributed by atoms with E-state index in [4.69, 9.17) is 4.74 Å². The molecule has 2 heterocycles. The van der Waals surface area contributed by atoms with Crippen molar-refractivity contribution in [2.45, 2.75) is 69.6 Å². The number of ether oxygens (including phenoxy) is 1. The molecule has 0 radical (unpaired) electrons. The van der Waals surface area contributed by atoms with E-state index >= 15 is 0 Å². The summed E-state index contributed by atoms with van der Waals surface area (Å²) in [6.45, 7) is 0.790. The molecule has 2 fully saturated rings. The molecular weight excluding hydrogens is 240 g/mol. The number of aromatic nitrogens is 2. The van der Waals surface area contributed by atoms with Crippen LogP contribution in [0.15, 0.2) is 12.3 Å². The van der Waals surface area contributed by atoms with Gasteiger partial charge in [-0.05, 0) is 38.2 Å². The van der Waals surface area contributed by atoms with Crippen molar-refractivity contribution in [3.8, 4) is 0 Å². The molecular formula is C15H24N2O2. The maximum Gasteiger partial charge on any atom is 0.0857 e. The first-order chi connectivity index (χ1) is 9.33. The molecule has 0 spiro atoms. The van der Waals surface area contributed by atoms with E-state index in [1.807, 2.05) is 6.07 Å². The lowest BCUT2D eigenvalue weighted by atomic mass is 10.0. The van der Waals surface area contributed by atoms with E-state index in [1.165, 1.54) is 25.7 Å². The van der Waals surface area contributed by atoms with Gasteiger partial charge in [0.1, 0.15) is 0 Å². The molecule has 0 aromatic carbocycles. The van der Waals surface area contributed by atoms with Gasteiger partial charge < -0.3 is 9.84 Å². The third-order valence-electron chi connectivity index (χ3n) is 4.42. The molecule has 1 aliphatic carbocycles. The molecule has 2 atom stereocenters. The van der Waals surface area contributed by atoms with Crippen molar-refractivity contribution in [2.75, 3.05) is 6.61 Å². The number of nitrogens with zero attached hydrogens (tertiary/aromatic N) is 2. The first-order valence-electron chi connectivity index (χ1n) is 7.66. The summed E-state index contributed by atoms with van der Waals surface area (Å²) in [6, 6.07) is 2.63. The Balaban J connectivity index is 1.56. The van der Waals surface area contributed by atoms with Gasteiger partial charge in [0.15, 0.2) is 0 Å². The highest BCUT2D eigenvalue weighted by molar-refractivity contribution is 5.02. The highest BCUT2D eigenvalue weighted by Gasteiger charge is 2.24. The van der Waals surface area contributed by atoms with E-state index in [0.717, 1.165) is 31.6 Å². The van der Waals surface area contributed by atoms with Gasteiger partial charge in [0.05, 0.1) is 23.9 Å². The molecule has 1 aromatic heterocycles. The lowest BCUT2D eigenvalue weighted by Gasteiger charge is -2.26. The van der Waals surface area contributed by atoms with Crippen LogP contribution in [-0.2, 0) is 11.2 Å². The van der Waals surface area contributed by atoms with Crippen LogP contribution in [0, 0.1) is 0 Å². The summed E-state index contributed by atoms with van der Waals surface area (Å²) in [7, 11) is 0. The predicted octanol–water partition coefficient (Wildman–Crippen LogP) is 2.47. The molecule has 106 valence electrons. The largest absolute Gasteiger partial charge is 0.390 e. The molecule has 1 aromatic rings. The van der Waals surface area contributed by atoms with Crippen molar-refractivity contribution in [3.63, 3.8) is 0 Å². The summed E-state index contributed by atoms with van der Waals surface area (Å²) in [4.78, 5) is 0. The topological polar surface area (TPSA) is 47.3 Å². The molecule has 0 bridgehead atoms. The summed E-state index contributed by atoms with van der Waals surface area (Å²) in [5.74, 6) is 0. The van der Waals surface area contributed by atoms with Crippen molar-refractivity contribution in [3.05, 3.63) is 18.0 Å². The van der Waals surface area contributed by atoms with Crippen LogP contribution < -0.4 is 0 Å². The van der Waals surface area contributed by atoms with E-state index in [1.54, 1.807) is 0 Å². The average molecular weight is 264 g/mol. The highest BCUT2D eigenvalue weighted by Crippen LogP contribution is 2.29. The first-order valence-corrected chi connectivity index (χ1v) is 7.66. The molecule has 2 unspecified atom stereocenters. The Bertz CT molecular complexity index is 393. The minimum Gasteiger partial charge on any atom is -0.390 e. The Kier molecular flexibility index (Phi) is 4.18. The van der Waals surface area contributed by atoms with Crippen LogP contribution >= 0.6 is 0 Å². The Morgan fingerprint density at radius 1 is 1.26 bits per heavy atom. The van der Waals surface area contributed by atoms with E-state index in [2.05, 4.69) is 16.0 Å². The van der Waals surface area contributed by atoms with E-state index in [0.29, 0.717) is 12.5 Å². The van der Waals surface area contributed by atoms with Crippen molar-refractivity contribution >= 4 is 0 Å². The second-order valence-electron chi connectivity index (χ2n) is 5.90. The van der Waals surface area contributed by atoms with Gasteiger partial charge in [-0.3, -0.25) is 4.68 Å². The Morgan fingerprint density at radius 2 is 2.05 bits per heavy atom. The smallest absolute Gasteiger partial charge is 0.0857 e. The molecule has 2 aliphatic rings. The van der Waals surface area contributed by atoms with Gasteiger partial charge in [0, 0.05) is 19.2 Å². The summed E-state index contributed by atoms with van der Waals surface area (Å²) in [5, 5.41) is 14.9. The zero-order chi connectivity index (χ0) is 13.1. The van der Waals surface area contributed by atoms with Gasteiger partial charge in [-0.25, -0.2) is 0 Å². The van der Waals surface area contributed by atoms with E-state index in [-0.39, 0.29) is 6.10 Å². The van der Waals surface area contributed by atoms with Crippen LogP contribution in [0.25, 0.3) is 0 Å². The number of aliphatic hydroxyl groups excluding tert-OH is 1. The highest BCUT2D eigenvalue weighted by atomic mass is 16.5. The standard InChI is InChI=1S/C15H24N2O2/c18-14(15-7-3-4-10-19-15)11-12-8-9-17(16-12)13-5-1-2-6-13/h8-9,13-15,18H,1-7,10-11H2. The van der Waals surface area contributed by atoms with Gasteiger partial charge in [0.2, 0.25) is 0 Å². The summed E-state index contributed by atoms with van der Waals surface area (Å²) >= 11 is 0. The van der Waals surface area contributed by atoms with Crippen molar-refractivity contribution in [1.29, 1.82) is 0 Å². The Hall–Kier alpha value is -0.870. The van der Waals surface area contributed by atoms with Crippen LogP contribution in [0.3, 0.4) is 0 Å². The lowest BCUT2D eigenvalue weighted by molar-refractivity contribution is -0.0614. The van der Waals surface area contributed by atoms with Crippen molar-refractivity contribution < 1.29 is 9.84 Å². The van der Waals surface area contributed by atoms with Crippen LogP contribution in [0.2, 0.25) is 0 Å². The second-order valence-corrected chi connectivity index (χ2v) is 5.90. The lowest BCUT2D eigenvalue weighted by Crippen LogP contribution is -2.33. The SMILES string of the molecule is OC(Cc1ccn(C2CCCC2)n1)C1CCCCO1. The molecule has 3 rings (SSSR count). The fraction of sp³-hybridized carbons (Fsp3) is 0.800. The van der Waals surface area contributed by atoms with Gasteiger partial charge in [-0.15, -0.1) is 0 Å². The normalized spacial score (nSPS) is 26.7. The molecule has 1 saturated heterocycles. The van der Waals surface area contributed by atoms with Crippen molar-refractivity contribution in [2.24, 2.45) is 0 Å². The molecule has 0 amide bonds. The molecule has 1 aliphatic heterocycles. The van der Waals surface area contributed by atoms with Crippen LogP contribution in [0.1, 0.15) is 56.7 Å². The predicted molar refractivity (Wildman–Crippen MR) is 73.0 cm³/mol. The maximum atomic E-state index is 10.2. The first kappa shape index (κ1) is 13.1. The fourth-order valence-electron chi connectivity index (χ4n) is 3.27. The Morgan fingerprint density at radius 3 is 2.79 bits per heavy atom. The zero-order valence-corrected chi connectivity index (χ0v) is 11.5. The molecule has 1 saturated carbocycles. The monoisotopic (exact) mass is 264 g/mol. The second kappa shape index (κ2) is 6.06. The van der Waals surface area contributed by atoms with Gasteiger partial charge in [0.25, 0.3) is 0 Å². The molecule has 4 nitrogen and oxygen atoms in total.